The quantitative estimate of drug-likeness (QED) is 0.389. The molecule has 2 nitrogen and oxygen atoms in total. The first-order valence-corrected chi connectivity index (χ1v) is 5.04. The maximum Gasteiger partial charge on any atom is 0.673 e. The molecule has 0 bridgehead atoms. The van der Waals surface area contributed by atoms with Gasteiger partial charge in [0.1, 0.15) is 5.69 Å². The van der Waals surface area contributed by atoms with Gasteiger partial charge in [-0.2, -0.15) is 0 Å². The lowest BCUT2D eigenvalue weighted by Crippen LogP contribution is -2.28. The van der Waals surface area contributed by atoms with Crippen LogP contribution in [0, 0.1) is 0 Å². The predicted octanol–water partition coefficient (Wildman–Crippen LogP) is 2.57. The molecule has 0 aliphatic heterocycles. The second kappa shape index (κ2) is 4.91. The van der Waals surface area contributed by atoms with Gasteiger partial charge in [-0.05, 0) is 4.07 Å². The third-order valence-electron chi connectivity index (χ3n) is 1.33. The van der Waals surface area contributed by atoms with Gasteiger partial charge in [0.25, 0.3) is 0 Å². The molecule has 0 radical (unpaired) electrons. The van der Waals surface area contributed by atoms with Gasteiger partial charge in [0, 0.05) is 10.5 Å². The van der Waals surface area contributed by atoms with E-state index < -0.39 is 7.25 Å². The van der Waals surface area contributed by atoms with Crippen LogP contribution < -0.4 is 4.07 Å². The number of hydrogen-bond donors (Lipinski definition) is 0. The smallest absolute Gasteiger partial charge is 0.418 e. The molecule has 15 heavy (non-hydrogen) atoms. The molecule has 0 unspecified atom stereocenters. The highest BCUT2D eigenvalue weighted by atomic mass is 32.1. The van der Waals surface area contributed by atoms with Crippen molar-refractivity contribution in [1.82, 2.24) is 5.10 Å². The van der Waals surface area contributed by atoms with E-state index in [-0.39, 0.29) is 5.41 Å². The topological polar surface area (TPSA) is 16.8 Å². The van der Waals surface area contributed by atoms with Crippen LogP contribution in [0.3, 0.4) is 0 Å². The van der Waals surface area contributed by atoms with E-state index in [0.717, 1.165) is 0 Å². The first-order valence-electron chi connectivity index (χ1n) is 4.20. The van der Waals surface area contributed by atoms with Crippen LogP contribution in [0.25, 0.3) is 0 Å². The van der Waals surface area contributed by atoms with Crippen LogP contribution in [0.2, 0.25) is 0 Å². The van der Waals surface area contributed by atoms with E-state index in [2.05, 4.69) is 31.2 Å². The molecule has 0 aromatic carbocycles. The molecule has 88 valence electrons. The molecule has 0 saturated carbocycles. The molecule has 1 aromatic heterocycles. The minimum atomic E-state index is -6.00. The van der Waals surface area contributed by atoms with E-state index in [9.17, 15) is 17.3 Å². The molecule has 0 spiro atoms. The van der Waals surface area contributed by atoms with Crippen molar-refractivity contribution in [1.29, 1.82) is 0 Å². The van der Waals surface area contributed by atoms with Crippen molar-refractivity contribution in [2.75, 3.05) is 0 Å². The molecule has 0 atom stereocenters. The van der Waals surface area contributed by atoms with Crippen LogP contribution in [0.1, 0.15) is 26.5 Å². The molecule has 1 heterocycles. The second-order valence-electron chi connectivity index (χ2n) is 3.92. The monoisotopic (exact) mass is 244 g/mol. The standard InChI is InChI=1S/C7H13N2S.BF4/c1-7(2,3)6-5-10-9(4)8-6;2-1(3,4)5/h5H,1-4H3;/q+1;-1. The summed E-state index contributed by atoms with van der Waals surface area (Å²) in [7, 11) is -4.04. The summed E-state index contributed by atoms with van der Waals surface area (Å²) in [5.74, 6) is 0. The highest BCUT2D eigenvalue weighted by molar-refractivity contribution is 6.99. The first-order chi connectivity index (χ1) is 6.50. The first kappa shape index (κ1) is 14.3. The van der Waals surface area contributed by atoms with Gasteiger partial charge >= 0.3 is 7.25 Å². The van der Waals surface area contributed by atoms with Crippen molar-refractivity contribution in [3.63, 3.8) is 0 Å². The number of hydrogen-bond acceptors (Lipinski definition) is 2. The molecule has 0 amide bonds. The summed E-state index contributed by atoms with van der Waals surface area (Å²) in [6.45, 7) is 6.51. The van der Waals surface area contributed by atoms with Gasteiger partial charge in [0.15, 0.2) is 18.6 Å². The minimum absolute atomic E-state index is 0.192. The molecule has 0 N–H and O–H groups in total. The maximum atomic E-state index is 9.75. The number of nitrogens with zero attached hydrogens (tertiary/aromatic N) is 2. The Kier molecular flexibility index (Phi) is 4.70. The summed E-state index contributed by atoms with van der Waals surface area (Å²) in [6, 6.07) is 0. The lowest BCUT2D eigenvalue weighted by atomic mass is 9.94. The van der Waals surface area contributed by atoms with Crippen LogP contribution in [-0.2, 0) is 12.5 Å². The van der Waals surface area contributed by atoms with E-state index in [1.165, 1.54) is 5.69 Å². The van der Waals surface area contributed by atoms with Crippen molar-refractivity contribution < 1.29 is 21.3 Å². The lowest BCUT2D eigenvalue weighted by molar-refractivity contribution is -0.664. The Balaban J connectivity index is 0.000000336. The van der Waals surface area contributed by atoms with Crippen LogP contribution in [0.4, 0.5) is 17.3 Å². The third-order valence-corrected chi connectivity index (χ3v) is 2.05. The normalized spacial score (nSPS) is 12.0. The average molecular weight is 244 g/mol. The van der Waals surface area contributed by atoms with Crippen LogP contribution in [0.5, 0.6) is 0 Å². The van der Waals surface area contributed by atoms with Crippen molar-refractivity contribution in [3.8, 4) is 0 Å². The fraction of sp³-hybridized carbons (Fsp3) is 0.714. The molecule has 0 aliphatic carbocycles. The highest BCUT2D eigenvalue weighted by Gasteiger charge is 2.21. The fourth-order valence-corrected chi connectivity index (χ4v) is 1.44. The van der Waals surface area contributed by atoms with Crippen molar-refractivity contribution in [2.24, 2.45) is 7.05 Å². The van der Waals surface area contributed by atoms with E-state index in [1.807, 2.05) is 11.1 Å². The zero-order valence-corrected chi connectivity index (χ0v) is 9.79. The Labute approximate surface area is 90.2 Å². The Morgan fingerprint density at radius 2 is 1.67 bits per heavy atom. The average Bonchev–Trinajstić information content (AvgIpc) is 2.29. The second-order valence-corrected chi connectivity index (χ2v) is 4.89. The maximum absolute atomic E-state index is 9.75. The molecule has 1 aromatic rings. The zero-order chi connectivity index (χ0) is 12.3. The van der Waals surface area contributed by atoms with Crippen LogP contribution in [-0.4, -0.2) is 12.4 Å². The zero-order valence-electron chi connectivity index (χ0n) is 8.97. The molecule has 0 aliphatic rings. The molecule has 8 heteroatoms. The molecule has 1 rings (SSSR count). The predicted molar refractivity (Wildman–Crippen MR) is 52.2 cm³/mol. The number of aromatic nitrogens is 2. The van der Waals surface area contributed by atoms with E-state index >= 15 is 0 Å². The van der Waals surface area contributed by atoms with Crippen molar-refractivity contribution >= 4 is 18.8 Å². The summed E-state index contributed by atoms with van der Waals surface area (Å²) in [4.78, 5) is 0. The van der Waals surface area contributed by atoms with Gasteiger partial charge in [0.2, 0.25) is 0 Å². The van der Waals surface area contributed by atoms with Gasteiger partial charge < -0.3 is 17.3 Å². The summed E-state index contributed by atoms with van der Waals surface area (Å²) in [6.07, 6.45) is 0. The van der Waals surface area contributed by atoms with E-state index in [1.54, 1.807) is 11.5 Å². The molecule has 0 saturated heterocycles. The largest absolute Gasteiger partial charge is 0.673 e. The molecular formula is C7H13BF4N2S. The number of halogens is 4. The van der Waals surface area contributed by atoms with Crippen molar-refractivity contribution in [2.45, 2.75) is 26.2 Å². The number of aryl methyl sites for hydroxylation is 1. The summed E-state index contributed by atoms with van der Waals surface area (Å²) < 4.78 is 40.9. The van der Waals surface area contributed by atoms with Crippen LogP contribution in [0.15, 0.2) is 5.38 Å². The van der Waals surface area contributed by atoms with Gasteiger partial charge in [-0.15, -0.1) is 0 Å². The van der Waals surface area contributed by atoms with Gasteiger partial charge in [0.05, 0.1) is 5.38 Å². The molecule has 0 fully saturated rings. The van der Waals surface area contributed by atoms with E-state index in [4.69, 9.17) is 0 Å². The Morgan fingerprint density at radius 3 is 1.80 bits per heavy atom. The van der Waals surface area contributed by atoms with Gasteiger partial charge in [-0.1, -0.05) is 20.8 Å². The van der Waals surface area contributed by atoms with Crippen molar-refractivity contribution in [3.05, 3.63) is 11.1 Å². The summed E-state index contributed by atoms with van der Waals surface area (Å²) in [5.41, 5.74) is 1.36. The Morgan fingerprint density at radius 1 is 1.27 bits per heavy atom. The summed E-state index contributed by atoms with van der Waals surface area (Å²) >= 11 is 1.64. The highest BCUT2D eigenvalue weighted by Crippen LogP contribution is 2.18. The number of rotatable bonds is 0. The van der Waals surface area contributed by atoms with Gasteiger partial charge in [-0.25, -0.2) is 0 Å². The molecular weight excluding hydrogens is 231 g/mol. The van der Waals surface area contributed by atoms with Gasteiger partial charge in [-0.3, -0.25) is 0 Å². The third kappa shape index (κ3) is 8.35. The van der Waals surface area contributed by atoms with Crippen LogP contribution >= 0.6 is 11.5 Å². The SMILES string of the molecule is C[n+]1nc(C(C)(C)C)cs1.F[B-](F)(F)F. The fourth-order valence-electron chi connectivity index (χ4n) is 0.652. The Bertz CT molecular complexity index is 299. The summed E-state index contributed by atoms with van der Waals surface area (Å²) in [5, 5.41) is 6.41. The van der Waals surface area contributed by atoms with E-state index in [0.29, 0.717) is 0 Å². The Hall–Kier alpha value is -0.655. The minimum Gasteiger partial charge on any atom is -0.418 e. The lowest BCUT2D eigenvalue weighted by Gasteiger charge is -2.10.